The molecular weight excluding hydrogens is 502 g/mol. The van der Waals surface area contributed by atoms with Crippen molar-refractivity contribution in [2.24, 2.45) is 0 Å². The van der Waals surface area contributed by atoms with Gasteiger partial charge in [-0.3, -0.25) is 14.9 Å². The average Bonchev–Trinajstić information content (AvgIpc) is 2.78. The summed E-state index contributed by atoms with van der Waals surface area (Å²) in [4.78, 5) is 25.9. The second-order valence-corrected chi connectivity index (χ2v) is 9.21. The molecule has 2 N–H and O–H groups in total. The Hall–Kier alpha value is -2.45. The van der Waals surface area contributed by atoms with Crippen LogP contribution in [0.4, 0.5) is 5.69 Å². The number of aryl methyl sites for hydroxylation is 1. The molecule has 2 aromatic carbocycles. The van der Waals surface area contributed by atoms with Gasteiger partial charge in [-0.25, -0.2) is 0 Å². The Morgan fingerprint density at radius 3 is 2.42 bits per heavy atom. The third-order valence-electron chi connectivity index (χ3n) is 5.01. The predicted octanol–water partition coefficient (Wildman–Crippen LogP) is 5.56. The monoisotopic (exact) mass is 533 g/mol. The molecule has 6 nitrogen and oxygen atoms in total. The molecule has 0 fully saturated rings. The molecule has 0 aliphatic carbocycles. The SMILES string of the molecule is CCCCCCOc1ccc(C(=O)NC(=S)Nc2ccc(CCC(=O)N(C)C)cc2)cc1Br. The zero-order valence-corrected chi connectivity index (χ0v) is 21.9. The van der Waals surface area contributed by atoms with E-state index in [1.807, 2.05) is 24.3 Å². The Morgan fingerprint density at radius 2 is 1.79 bits per heavy atom. The number of rotatable bonds is 11. The first-order valence-corrected chi connectivity index (χ1v) is 12.3. The molecule has 0 heterocycles. The molecule has 8 heteroatoms. The van der Waals surface area contributed by atoms with Gasteiger partial charge in [-0.15, -0.1) is 0 Å². The highest BCUT2D eigenvalue weighted by Crippen LogP contribution is 2.26. The van der Waals surface area contributed by atoms with Crippen LogP contribution in [0.2, 0.25) is 0 Å². The number of halogens is 1. The average molecular weight is 535 g/mol. The molecule has 0 spiro atoms. The van der Waals surface area contributed by atoms with Gasteiger partial charge in [-0.2, -0.15) is 0 Å². The van der Waals surface area contributed by atoms with Crippen LogP contribution in [0.15, 0.2) is 46.9 Å². The van der Waals surface area contributed by atoms with Crippen molar-refractivity contribution in [2.45, 2.75) is 45.4 Å². The Morgan fingerprint density at radius 1 is 1.06 bits per heavy atom. The van der Waals surface area contributed by atoms with E-state index in [9.17, 15) is 9.59 Å². The topological polar surface area (TPSA) is 70.7 Å². The molecule has 0 aliphatic rings. The van der Waals surface area contributed by atoms with Crippen LogP contribution in [0.25, 0.3) is 0 Å². The molecule has 0 bridgehead atoms. The quantitative estimate of drug-likeness (QED) is 0.292. The zero-order chi connectivity index (χ0) is 24.2. The maximum atomic E-state index is 12.6. The number of hydrogen-bond donors (Lipinski definition) is 2. The normalized spacial score (nSPS) is 10.4. The summed E-state index contributed by atoms with van der Waals surface area (Å²) in [7, 11) is 3.50. The zero-order valence-electron chi connectivity index (χ0n) is 19.4. The van der Waals surface area contributed by atoms with E-state index < -0.39 is 0 Å². The molecule has 2 rings (SSSR count). The fourth-order valence-electron chi connectivity index (χ4n) is 3.04. The predicted molar refractivity (Wildman–Crippen MR) is 141 cm³/mol. The van der Waals surface area contributed by atoms with Crippen molar-refractivity contribution in [3.8, 4) is 5.75 Å². The standard InChI is InChI=1S/C25H32BrN3O3S/c1-4-5-6-7-16-32-22-14-11-19(17-21(22)26)24(31)28-25(33)27-20-12-8-18(9-13-20)10-15-23(30)29(2)3/h8-9,11-14,17H,4-7,10,15-16H2,1-3H3,(H2,27,28,31,33). The highest BCUT2D eigenvalue weighted by Gasteiger charge is 2.11. The lowest BCUT2D eigenvalue weighted by atomic mass is 10.1. The number of anilines is 1. The smallest absolute Gasteiger partial charge is 0.257 e. The molecular formula is C25H32BrN3O3S. The van der Waals surface area contributed by atoms with Crippen molar-refractivity contribution in [1.82, 2.24) is 10.2 Å². The highest BCUT2D eigenvalue weighted by molar-refractivity contribution is 9.10. The summed E-state index contributed by atoms with van der Waals surface area (Å²) in [5, 5.41) is 5.92. The van der Waals surface area contributed by atoms with Gasteiger partial charge in [0.05, 0.1) is 11.1 Å². The lowest BCUT2D eigenvalue weighted by Crippen LogP contribution is -2.34. The van der Waals surface area contributed by atoms with Gasteiger partial charge in [0.25, 0.3) is 5.91 Å². The van der Waals surface area contributed by atoms with E-state index in [0.29, 0.717) is 25.0 Å². The Labute approximate surface area is 210 Å². The van der Waals surface area contributed by atoms with E-state index >= 15 is 0 Å². The van der Waals surface area contributed by atoms with Gasteiger partial charge in [0.2, 0.25) is 5.91 Å². The summed E-state index contributed by atoms with van der Waals surface area (Å²) in [6.07, 6.45) is 5.70. The van der Waals surface area contributed by atoms with Crippen molar-refractivity contribution >= 4 is 50.8 Å². The Kier molecular flexibility index (Phi) is 11.3. The van der Waals surface area contributed by atoms with E-state index in [0.717, 1.165) is 34.3 Å². The lowest BCUT2D eigenvalue weighted by Gasteiger charge is -2.12. The summed E-state index contributed by atoms with van der Waals surface area (Å²) in [5.74, 6) is 0.511. The number of amides is 2. The molecule has 178 valence electrons. The molecule has 33 heavy (non-hydrogen) atoms. The molecule has 0 saturated carbocycles. The third kappa shape index (κ3) is 9.52. The molecule has 2 amide bonds. The van der Waals surface area contributed by atoms with Crippen LogP contribution in [0.5, 0.6) is 5.75 Å². The van der Waals surface area contributed by atoms with Crippen LogP contribution in [-0.2, 0) is 11.2 Å². The second kappa shape index (κ2) is 14.0. The van der Waals surface area contributed by atoms with Gasteiger partial charge in [-0.1, -0.05) is 38.3 Å². The number of carbonyl (C=O) groups excluding carboxylic acids is 2. The van der Waals surface area contributed by atoms with Crippen LogP contribution in [0.3, 0.4) is 0 Å². The number of carbonyl (C=O) groups is 2. The van der Waals surface area contributed by atoms with Crippen LogP contribution in [0.1, 0.15) is 54.9 Å². The first-order chi connectivity index (χ1) is 15.8. The minimum atomic E-state index is -0.304. The molecule has 0 saturated heterocycles. The fourth-order valence-corrected chi connectivity index (χ4v) is 3.74. The van der Waals surface area contributed by atoms with Crippen molar-refractivity contribution in [1.29, 1.82) is 0 Å². The molecule has 0 radical (unpaired) electrons. The van der Waals surface area contributed by atoms with E-state index in [1.54, 1.807) is 37.2 Å². The largest absolute Gasteiger partial charge is 0.492 e. The van der Waals surface area contributed by atoms with Crippen LogP contribution in [-0.4, -0.2) is 42.5 Å². The van der Waals surface area contributed by atoms with E-state index in [4.69, 9.17) is 17.0 Å². The van der Waals surface area contributed by atoms with Gasteiger partial charge >= 0.3 is 0 Å². The van der Waals surface area contributed by atoms with Gasteiger partial charge in [0.15, 0.2) is 5.11 Å². The summed E-state index contributed by atoms with van der Waals surface area (Å²) in [5.41, 5.74) is 2.30. The lowest BCUT2D eigenvalue weighted by molar-refractivity contribution is -0.128. The van der Waals surface area contributed by atoms with Crippen LogP contribution in [0, 0.1) is 0 Å². The summed E-state index contributed by atoms with van der Waals surface area (Å²) >= 11 is 8.76. The number of unbranched alkanes of at least 4 members (excludes halogenated alkanes) is 3. The minimum Gasteiger partial charge on any atom is -0.492 e. The van der Waals surface area contributed by atoms with Gasteiger partial charge in [0.1, 0.15) is 5.75 Å². The summed E-state index contributed by atoms with van der Waals surface area (Å²) < 4.78 is 6.52. The Balaban J connectivity index is 1.83. The Bertz CT molecular complexity index is 948. The molecule has 0 atom stereocenters. The van der Waals surface area contributed by atoms with E-state index in [-0.39, 0.29) is 16.9 Å². The maximum absolute atomic E-state index is 12.6. The summed E-state index contributed by atoms with van der Waals surface area (Å²) in [6, 6.07) is 12.8. The number of ether oxygens (including phenoxy) is 1. The highest BCUT2D eigenvalue weighted by atomic mass is 79.9. The fraction of sp³-hybridized carbons (Fsp3) is 0.400. The maximum Gasteiger partial charge on any atom is 0.257 e. The van der Waals surface area contributed by atoms with E-state index in [2.05, 4.69) is 33.5 Å². The number of nitrogens with zero attached hydrogens (tertiary/aromatic N) is 1. The van der Waals surface area contributed by atoms with Gasteiger partial charge < -0.3 is 15.0 Å². The van der Waals surface area contributed by atoms with Crippen LogP contribution < -0.4 is 15.4 Å². The van der Waals surface area contributed by atoms with Crippen molar-refractivity contribution in [2.75, 3.05) is 26.0 Å². The van der Waals surface area contributed by atoms with Crippen molar-refractivity contribution < 1.29 is 14.3 Å². The van der Waals surface area contributed by atoms with Gasteiger partial charge in [-0.05, 0) is 76.9 Å². The molecule has 2 aromatic rings. The second-order valence-electron chi connectivity index (χ2n) is 7.95. The summed E-state index contributed by atoms with van der Waals surface area (Å²) in [6.45, 7) is 2.83. The first kappa shape index (κ1) is 26.8. The minimum absolute atomic E-state index is 0.0966. The third-order valence-corrected chi connectivity index (χ3v) is 5.84. The molecule has 0 aromatic heterocycles. The van der Waals surface area contributed by atoms with Crippen molar-refractivity contribution in [3.05, 3.63) is 58.1 Å². The van der Waals surface area contributed by atoms with E-state index in [1.165, 1.54) is 12.8 Å². The van der Waals surface area contributed by atoms with Crippen LogP contribution >= 0.6 is 28.1 Å². The van der Waals surface area contributed by atoms with Gasteiger partial charge in [0, 0.05) is 31.8 Å². The first-order valence-electron chi connectivity index (χ1n) is 11.1. The molecule has 0 unspecified atom stereocenters. The van der Waals surface area contributed by atoms with Crippen molar-refractivity contribution in [3.63, 3.8) is 0 Å². The number of nitrogens with one attached hydrogen (secondary N) is 2. The number of benzene rings is 2. The number of thiocarbonyl (C=S) groups is 1. The molecule has 0 aliphatic heterocycles. The number of hydrogen-bond acceptors (Lipinski definition) is 4.